The molecule has 0 bridgehead atoms. The van der Waals surface area contributed by atoms with Crippen LogP contribution < -0.4 is 10.6 Å². The first-order valence-corrected chi connectivity index (χ1v) is 8.88. The molecule has 0 fully saturated rings. The van der Waals surface area contributed by atoms with Gasteiger partial charge >= 0.3 is 0 Å². The fraction of sp³-hybridized carbons (Fsp3) is 0.136. The SMILES string of the molecule is Cc1ccc(NC(=O)c2cc(C(=O)NCCc3ccc(F)cc3)ccn2)cc1. The van der Waals surface area contributed by atoms with Crippen molar-refractivity contribution in [1.82, 2.24) is 10.3 Å². The summed E-state index contributed by atoms with van der Waals surface area (Å²) in [7, 11) is 0. The van der Waals surface area contributed by atoms with Crippen LogP contribution in [0, 0.1) is 12.7 Å². The molecule has 0 spiro atoms. The number of carbonyl (C=O) groups excluding carboxylic acids is 2. The number of nitrogens with one attached hydrogen (secondary N) is 2. The smallest absolute Gasteiger partial charge is 0.274 e. The van der Waals surface area contributed by atoms with Crippen molar-refractivity contribution in [2.75, 3.05) is 11.9 Å². The van der Waals surface area contributed by atoms with Gasteiger partial charge in [0, 0.05) is 24.0 Å². The molecule has 5 nitrogen and oxygen atoms in total. The lowest BCUT2D eigenvalue weighted by Gasteiger charge is -2.08. The van der Waals surface area contributed by atoms with Crippen LogP contribution in [-0.2, 0) is 6.42 Å². The van der Waals surface area contributed by atoms with Gasteiger partial charge in [-0.1, -0.05) is 29.8 Å². The fourth-order valence-electron chi connectivity index (χ4n) is 2.60. The molecule has 28 heavy (non-hydrogen) atoms. The molecule has 0 radical (unpaired) electrons. The van der Waals surface area contributed by atoms with Crippen molar-refractivity contribution >= 4 is 17.5 Å². The van der Waals surface area contributed by atoms with Gasteiger partial charge in [-0.05, 0) is 55.3 Å². The minimum Gasteiger partial charge on any atom is -0.352 e. The summed E-state index contributed by atoms with van der Waals surface area (Å²) in [5.74, 6) is -0.972. The van der Waals surface area contributed by atoms with Crippen LogP contribution in [-0.4, -0.2) is 23.3 Å². The van der Waals surface area contributed by atoms with E-state index in [1.54, 1.807) is 30.3 Å². The quantitative estimate of drug-likeness (QED) is 0.687. The Morgan fingerprint density at radius 1 is 0.964 bits per heavy atom. The number of amides is 2. The zero-order valence-corrected chi connectivity index (χ0v) is 15.4. The first kappa shape index (κ1) is 19.2. The number of pyridine rings is 1. The minimum absolute atomic E-state index is 0.159. The molecule has 1 aromatic heterocycles. The summed E-state index contributed by atoms with van der Waals surface area (Å²) >= 11 is 0. The molecule has 0 saturated heterocycles. The van der Waals surface area contributed by atoms with Crippen molar-refractivity contribution in [1.29, 1.82) is 0 Å². The largest absolute Gasteiger partial charge is 0.352 e. The zero-order valence-electron chi connectivity index (χ0n) is 15.4. The number of hydrogen-bond acceptors (Lipinski definition) is 3. The molecule has 142 valence electrons. The average molecular weight is 377 g/mol. The lowest BCUT2D eigenvalue weighted by Crippen LogP contribution is -2.26. The predicted octanol–water partition coefficient (Wildman–Crippen LogP) is 3.75. The van der Waals surface area contributed by atoms with Gasteiger partial charge in [-0.3, -0.25) is 14.6 Å². The normalized spacial score (nSPS) is 10.4. The number of aromatic nitrogens is 1. The number of anilines is 1. The third kappa shape index (κ3) is 5.23. The van der Waals surface area contributed by atoms with Gasteiger partial charge in [-0.15, -0.1) is 0 Å². The molecule has 0 aliphatic heterocycles. The van der Waals surface area contributed by atoms with E-state index < -0.39 is 0 Å². The van der Waals surface area contributed by atoms with Crippen molar-refractivity contribution < 1.29 is 14.0 Å². The maximum absolute atomic E-state index is 12.9. The van der Waals surface area contributed by atoms with Crippen LogP contribution in [0.4, 0.5) is 10.1 Å². The molecule has 0 aliphatic carbocycles. The topological polar surface area (TPSA) is 71.1 Å². The maximum Gasteiger partial charge on any atom is 0.274 e. The molecule has 1 heterocycles. The highest BCUT2D eigenvalue weighted by Gasteiger charge is 2.12. The van der Waals surface area contributed by atoms with Crippen molar-refractivity contribution in [2.45, 2.75) is 13.3 Å². The van der Waals surface area contributed by atoms with Crippen LogP contribution in [0.25, 0.3) is 0 Å². The second-order valence-electron chi connectivity index (χ2n) is 6.38. The Labute approximate surface area is 162 Å². The van der Waals surface area contributed by atoms with E-state index in [4.69, 9.17) is 0 Å². The summed E-state index contributed by atoms with van der Waals surface area (Å²) in [5, 5.41) is 5.55. The number of aryl methyl sites for hydroxylation is 1. The summed E-state index contributed by atoms with van der Waals surface area (Å²) in [6, 6.07) is 16.5. The van der Waals surface area contributed by atoms with E-state index in [1.165, 1.54) is 24.4 Å². The third-order valence-corrected chi connectivity index (χ3v) is 4.18. The van der Waals surface area contributed by atoms with E-state index in [0.717, 1.165) is 11.1 Å². The third-order valence-electron chi connectivity index (χ3n) is 4.18. The van der Waals surface area contributed by atoms with E-state index >= 15 is 0 Å². The summed E-state index contributed by atoms with van der Waals surface area (Å²) in [5.41, 5.74) is 3.19. The molecule has 3 aromatic rings. The van der Waals surface area contributed by atoms with Gasteiger partial charge in [0.2, 0.25) is 0 Å². The monoisotopic (exact) mass is 377 g/mol. The highest BCUT2D eigenvalue weighted by Crippen LogP contribution is 2.11. The van der Waals surface area contributed by atoms with Gasteiger partial charge in [-0.2, -0.15) is 0 Å². The van der Waals surface area contributed by atoms with Gasteiger partial charge in [0.25, 0.3) is 11.8 Å². The summed E-state index contributed by atoms with van der Waals surface area (Å²) < 4.78 is 12.9. The predicted molar refractivity (Wildman–Crippen MR) is 106 cm³/mol. The van der Waals surface area contributed by atoms with Crippen LogP contribution in [0.15, 0.2) is 66.9 Å². The first-order valence-electron chi connectivity index (χ1n) is 8.88. The van der Waals surface area contributed by atoms with E-state index in [1.807, 2.05) is 19.1 Å². The Bertz CT molecular complexity index is 970. The van der Waals surface area contributed by atoms with Crippen molar-refractivity contribution in [3.8, 4) is 0 Å². The molecule has 3 rings (SSSR count). The van der Waals surface area contributed by atoms with Gasteiger partial charge in [0.05, 0.1) is 0 Å². The van der Waals surface area contributed by atoms with E-state index in [0.29, 0.717) is 24.2 Å². The molecule has 0 unspecified atom stereocenters. The van der Waals surface area contributed by atoms with Crippen molar-refractivity contribution in [3.63, 3.8) is 0 Å². The molecule has 6 heteroatoms. The van der Waals surface area contributed by atoms with E-state index in [2.05, 4.69) is 15.6 Å². The Kier molecular flexibility index (Phi) is 6.11. The van der Waals surface area contributed by atoms with E-state index in [-0.39, 0.29) is 23.3 Å². The van der Waals surface area contributed by atoms with Crippen molar-refractivity contribution in [3.05, 3.63) is 95.1 Å². The lowest BCUT2D eigenvalue weighted by molar-refractivity contribution is 0.0954. The standard InChI is InChI=1S/C22H20FN3O2/c1-15-2-8-19(9-3-15)26-22(28)20-14-17(11-13-24-20)21(27)25-12-10-16-4-6-18(23)7-5-16/h2-9,11,13-14H,10,12H2,1H3,(H,25,27)(H,26,28). The minimum atomic E-state index is -0.384. The average Bonchev–Trinajstić information content (AvgIpc) is 2.71. The van der Waals surface area contributed by atoms with Crippen LogP contribution >= 0.6 is 0 Å². The molecule has 2 aromatic carbocycles. The van der Waals surface area contributed by atoms with Crippen molar-refractivity contribution in [2.24, 2.45) is 0 Å². The second-order valence-corrected chi connectivity index (χ2v) is 6.38. The Morgan fingerprint density at radius 2 is 1.68 bits per heavy atom. The molecular weight excluding hydrogens is 357 g/mol. The number of halogens is 1. The zero-order chi connectivity index (χ0) is 19.9. The van der Waals surface area contributed by atoms with Gasteiger partial charge < -0.3 is 10.6 Å². The Morgan fingerprint density at radius 3 is 2.39 bits per heavy atom. The number of benzene rings is 2. The summed E-state index contributed by atoms with van der Waals surface area (Å²) in [4.78, 5) is 28.7. The molecule has 2 N–H and O–H groups in total. The van der Waals surface area contributed by atoms with Crippen LogP contribution in [0.2, 0.25) is 0 Å². The summed E-state index contributed by atoms with van der Waals surface area (Å²) in [6.45, 7) is 2.36. The highest BCUT2D eigenvalue weighted by atomic mass is 19.1. The van der Waals surface area contributed by atoms with E-state index in [9.17, 15) is 14.0 Å². The molecule has 0 aliphatic rings. The van der Waals surface area contributed by atoms with Crippen LogP contribution in [0.1, 0.15) is 32.0 Å². The van der Waals surface area contributed by atoms with Gasteiger partial charge in [0.1, 0.15) is 11.5 Å². The van der Waals surface area contributed by atoms with Crippen LogP contribution in [0.3, 0.4) is 0 Å². The molecule has 2 amide bonds. The Balaban J connectivity index is 1.58. The number of nitrogens with zero attached hydrogens (tertiary/aromatic N) is 1. The molecule has 0 saturated carbocycles. The van der Waals surface area contributed by atoms with Gasteiger partial charge in [-0.25, -0.2) is 4.39 Å². The highest BCUT2D eigenvalue weighted by molar-refractivity contribution is 6.04. The lowest BCUT2D eigenvalue weighted by atomic mass is 10.1. The first-order chi connectivity index (χ1) is 13.5. The number of carbonyl (C=O) groups is 2. The number of rotatable bonds is 6. The second kappa shape index (κ2) is 8.90. The maximum atomic E-state index is 12.9. The van der Waals surface area contributed by atoms with Gasteiger partial charge in [0.15, 0.2) is 0 Å². The molecular formula is C22H20FN3O2. The number of hydrogen-bond donors (Lipinski definition) is 2. The van der Waals surface area contributed by atoms with Crippen LogP contribution in [0.5, 0.6) is 0 Å². The molecule has 0 atom stereocenters. The summed E-state index contributed by atoms with van der Waals surface area (Å²) in [6.07, 6.45) is 2.01. The fourth-order valence-corrected chi connectivity index (χ4v) is 2.60. The Hall–Kier alpha value is -3.54.